The van der Waals surface area contributed by atoms with E-state index in [9.17, 15) is 4.79 Å². The lowest BCUT2D eigenvalue weighted by Crippen LogP contribution is -2.42. The van der Waals surface area contributed by atoms with Crippen molar-refractivity contribution in [2.75, 3.05) is 46.9 Å². The molecule has 0 saturated carbocycles. The third-order valence-corrected chi connectivity index (χ3v) is 2.99. The van der Waals surface area contributed by atoms with Gasteiger partial charge in [0, 0.05) is 19.6 Å². The summed E-state index contributed by atoms with van der Waals surface area (Å²) < 4.78 is 5.08. The van der Waals surface area contributed by atoms with Gasteiger partial charge in [-0.2, -0.15) is 0 Å². The van der Waals surface area contributed by atoms with Gasteiger partial charge in [0.2, 0.25) is 0 Å². The number of piperidine rings is 1. The first-order valence-corrected chi connectivity index (χ1v) is 6.17. The van der Waals surface area contributed by atoms with Crippen molar-refractivity contribution in [2.24, 2.45) is 5.92 Å². The fourth-order valence-corrected chi connectivity index (χ4v) is 2.05. The minimum absolute atomic E-state index is 0.0166. The fraction of sp³-hybridized carbons (Fsp3) is 0.917. The molecule has 0 unspecified atom stereocenters. The molecule has 4 nitrogen and oxygen atoms in total. The van der Waals surface area contributed by atoms with Gasteiger partial charge in [0.05, 0.1) is 12.5 Å². The number of hydrogen-bond donors (Lipinski definition) is 0. The Morgan fingerprint density at radius 3 is 2.88 bits per heavy atom. The van der Waals surface area contributed by atoms with Crippen LogP contribution >= 0.6 is 0 Å². The molecule has 0 N–H and O–H groups in total. The van der Waals surface area contributed by atoms with Crippen molar-refractivity contribution >= 4 is 5.97 Å². The molecule has 1 aliphatic heterocycles. The van der Waals surface area contributed by atoms with Gasteiger partial charge >= 0.3 is 5.97 Å². The molecular weight excluding hydrogens is 204 g/mol. The molecule has 1 heterocycles. The van der Waals surface area contributed by atoms with E-state index in [-0.39, 0.29) is 11.9 Å². The summed E-state index contributed by atoms with van der Waals surface area (Å²) in [5.74, 6) is 0.0768. The van der Waals surface area contributed by atoms with E-state index in [4.69, 9.17) is 4.74 Å². The molecule has 1 saturated heterocycles. The van der Waals surface area contributed by atoms with Crippen LogP contribution in [0.3, 0.4) is 0 Å². The van der Waals surface area contributed by atoms with Gasteiger partial charge in [0.1, 0.15) is 0 Å². The average Bonchev–Trinajstić information content (AvgIpc) is 2.27. The standard InChI is InChI=1S/C12H24N2O2/c1-4-16-12(15)11-6-5-7-14(10-11)9-8-13(2)3/h11H,4-10H2,1-3H3/t11-/m0/s1. The highest BCUT2D eigenvalue weighted by Gasteiger charge is 2.26. The van der Waals surface area contributed by atoms with Crippen LogP contribution in [0.2, 0.25) is 0 Å². The minimum atomic E-state index is -0.0166. The Morgan fingerprint density at radius 1 is 1.50 bits per heavy atom. The number of ether oxygens (including phenoxy) is 1. The first-order valence-electron chi connectivity index (χ1n) is 6.17. The Bertz CT molecular complexity index is 219. The number of carbonyl (C=O) groups excluding carboxylic acids is 1. The summed E-state index contributed by atoms with van der Waals surface area (Å²) >= 11 is 0. The average molecular weight is 228 g/mol. The predicted molar refractivity (Wildman–Crippen MR) is 64.4 cm³/mol. The van der Waals surface area contributed by atoms with Crippen LogP contribution in [0.5, 0.6) is 0 Å². The van der Waals surface area contributed by atoms with Gasteiger partial charge in [-0.1, -0.05) is 0 Å². The largest absolute Gasteiger partial charge is 0.466 e. The first-order chi connectivity index (χ1) is 7.63. The van der Waals surface area contributed by atoms with Crippen LogP contribution in [0.4, 0.5) is 0 Å². The normalized spacial score (nSPS) is 22.4. The third kappa shape index (κ3) is 4.49. The molecule has 0 radical (unpaired) electrons. The quantitative estimate of drug-likeness (QED) is 0.652. The van der Waals surface area contributed by atoms with Crippen molar-refractivity contribution in [1.29, 1.82) is 0 Å². The van der Waals surface area contributed by atoms with Crippen LogP contribution in [-0.4, -0.2) is 62.7 Å². The van der Waals surface area contributed by atoms with Gasteiger partial charge in [0.15, 0.2) is 0 Å². The maximum absolute atomic E-state index is 11.6. The molecule has 0 aliphatic carbocycles. The van der Waals surface area contributed by atoms with E-state index >= 15 is 0 Å². The van der Waals surface area contributed by atoms with Crippen LogP contribution in [0.1, 0.15) is 19.8 Å². The number of esters is 1. The van der Waals surface area contributed by atoms with Crippen molar-refractivity contribution < 1.29 is 9.53 Å². The van der Waals surface area contributed by atoms with Crippen molar-refractivity contribution in [3.05, 3.63) is 0 Å². The lowest BCUT2D eigenvalue weighted by atomic mass is 9.98. The molecule has 0 aromatic carbocycles. The van der Waals surface area contributed by atoms with Crippen molar-refractivity contribution in [3.8, 4) is 0 Å². The van der Waals surface area contributed by atoms with E-state index in [1.165, 1.54) is 0 Å². The van der Waals surface area contributed by atoms with Gasteiger partial charge in [-0.3, -0.25) is 4.79 Å². The Labute approximate surface area is 98.5 Å². The summed E-state index contributed by atoms with van der Waals surface area (Å²) in [6, 6.07) is 0. The van der Waals surface area contributed by atoms with Crippen LogP contribution in [0, 0.1) is 5.92 Å². The Kier molecular flexibility index (Phi) is 5.77. The molecule has 0 aromatic rings. The zero-order valence-corrected chi connectivity index (χ0v) is 10.7. The summed E-state index contributed by atoms with van der Waals surface area (Å²) in [4.78, 5) is 16.2. The maximum atomic E-state index is 11.6. The molecule has 1 atom stereocenters. The van der Waals surface area contributed by atoms with E-state index < -0.39 is 0 Å². The number of nitrogens with zero attached hydrogens (tertiary/aromatic N) is 2. The van der Waals surface area contributed by atoms with Crippen molar-refractivity contribution in [2.45, 2.75) is 19.8 Å². The Hall–Kier alpha value is -0.610. The van der Waals surface area contributed by atoms with Gasteiger partial charge < -0.3 is 14.5 Å². The predicted octanol–water partition coefficient (Wildman–Crippen LogP) is 0.823. The number of rotatable bonds is 5. The molecule has 4 heteroatoms. The van der Waals surface area contributed by atoms with E-state index in [0.29, 0.717) is 6.61 Å². The van der Waals surface area contributed by atoms with Crippen LogP contribution in [0.15, 0.2) is 0 Å². The first kappa shape index (κ1) is 13.5. The molecule has 0 amide bonds. The second kappa shape index (κ2) is 6.86. The SMILES string of the molecule is CCOC(=O)[C@H]1CCCN(CCN(C)C)C1. The molecule has 1 rings (SSSR count). The Balaban J connectivity index is 2.32. The van der Waals surface area contributed by atoms with Gasteiger partial charge in [-0.05, 0) is 40.4 Å². The second-order valence-corrected chi connectivity index (χ2v) is 4.70. The Morgan fingerprint density at radius 2 is 2.25 bits per heavy atom. The molecule has 0 spiro atoms. The fourth-order valence-electron chi connectivity index (χ4n) is 2.05. The molecule has 94 valence electrons. The summed E-state index contributed by atoms with van der Waals surface area (Å²) in [6.07, 6.45) is 2.09. The number of carbonyl (C=O) groups is 1. The lowest BCUT2D eigenvalue weighted by molar-refractivity contribution is -0.149. The summed E-state index contributed by atoms with van der Waals surface area (Å²) in [5.41, 5.74) is 0. The molecule has 0 bridgehead atoms. The van der Waals surface area contributed by atoms with Crippen LogP contribution in [0.25, 0.3) is 0 Å². The van der Waals surface area contributed by atoms with Crippen molar-refractivity contribution in [3.63, 3.8) is 0 Å². The maximum Gasteiger partial charge on any atom is 0.310 e. The topological polar surface area (TPSA) is 32.8 Å². The number of hydrogen-bond acceptors (Lipinski definition) is 4. The number of likely N-dealkylation sites (N-methyl/N-ethyl adjacent to an activating group) is 1. The lowest BCUT2D eigenvalue weighted by Gasteiger charge is -2.32. The minimum Gasteiger partial charge on any atom is -0.466 e. The second-order valence-electron chi connectivity index (χ2n) is 4.70. The highest BCUT2D eigenvalue weighted by Crippen LogP contribution is 2.17. The molecule has 1 fully saturated rings. The highest BCUT2D eigenvalue weighted by atomic mass is 16.5. The molecule has 1 aliphatic rings. The molecular formula is C12H24N2O2. The third-order valence-electron chi connectivity index (χ3n) is 2.99. The highest BCUT2D eigenvalue weighted by molar-refractivity contribution is 5.72. The van der Waals surface area contributed by atoms with E-state index in [1.54, 1.807) is 0 Å². The molecule has 0 aromatic heterocycles. The monoisotopic (exact) mass is 228 g/mol. The van der Waals surface area contributed by atoms with E-state index in [0.717, 1.165) is 39.0 Å². The zero-order valence-electron chi connectivity index (χ0n) is 10.7. The smallest absolute Gasteiger partial charge is 0.310 e. The van der Waals surface area contributed by atoms with E-state index in [2.05, 4.69) is 23.9 Å². The van der Waals surface area contributed by atoms with Crippen molar-refractivity contribution in [1.82, 2.24) is 9.80 Å². The zero-order chi connectivity index (χ0) is 12.0. The van der Waals surface area contributed by atoms with Gasteiger partial charge in [-0.25, -0.2) is 0 Å². The van der Waals surface area contributed by atoms with Gasteiger partial charge in [0.25, 0.3) is 0 Å². The summed E-state index contributed by atoms with van der Waals surface area (Å²) in [5, 5.41) is 0. The van der Waals surface area contributed by atoms with Crippen LogP contribution < -0.4 is 0 Å². The summed E-state index contributed by atoms with van der Waals surface area (Å²) in [6.45, 7) is 6.44. The van der Waals surface area contributed by atoms with Gasteiger partial charge in [-0.15, -0.1) is 0 Å². The molecule has 16 heavy (non-hydrogen) atoms. The number of likely N-dealkylation sites (tertiary alicyclic amines) is 1. The summed E-state index contributed by atoms with van der Waals surface area (Å²) in [7, 11) is 4.15. The van der Waals surface area contributed by atoms with E-state index in [1.807, 2.05) is 6.92 Å². The van der Waals surface area contributed by atoms with Crippen LogP contribution in [-0.2, 0) is 9.53 Å².